The van der Waals surface area contributed by atoms with Gasteiger partial charge in [0.05, 0.1) is 0 Å². The molecule has 1 aromatic rings. The van der Waals surface area contributed by atoms with E-state index in [0.717, 1.165) is 13.1 Å². The van der Waals surface area contributed by atoms with Gasteiger partial charge in [-0.15, -0.1) is 0 Å². The van der Waals surface area contributed by atoms with E-state index in [1.165, 1.54) is 10.2 Å². The van der Waals surface area contributed by atoms with Crippen molar-refractivity contribution in [1.82, 2.24) is 4.90 Å². The monoisotopic (exact) mass is 254 g/mol. The molecule has 76 valence electrons. The molecule has 0 heterocycles. The molecule has 0 atom stereocenters. The van der Waals surface area contributed by atoms with Crippen LogP contribution in [0.1, 0.15) is 19.4 Å². The molecule has 0 aromatic heterocycles. The number of rotatable bonds is 4. The van der Waals surface area contributed by atoms with Gasteiger partial charge in [0.15, 0.2) is 0 Å². The molecule has 0 radical (unpaired) electrons. The molecular formula is C12H16NSe-. The summed E-state index contributed by atoms with van der Waals surface area (Å²) >= 11 is 3.11. The second-order valence-electron chi connectivity index (χ2n) is 3.07. The number of benzene rings is 1. The van der Waals surface area contributed by atoms with Gasteiger partial charge >= 0.3 is 94.4 Å². The van der Waals surface area contributed by atoms with Crippen molar-refractivity contribution in [3.63, 3.8) is 0 Å². The molecule has 0 aliphatic rings. The number of hydrogen-bond acceptors (Lipinski definition) is 1. The van der Waals surface area contributed by atoms with Crippen LogP contribution in [0.3, 0.4) is 0 Å². The Balaban J connectivity index is 2.77. The molecule has 14 heavy (non-hydrogen) atoms. The summed E-state index contributed by atoms with van der Waals surface area (Å²) < 4.78 is 1.21. The average Bonchev–Trinajstić information content (AvgIpc) is 2.21. The van der Waals surface area contributed by atoms with Gasteiger partial charge < -0.3 is 0 Å². The predicted octanol–water partition coefficient (Wildman–Crippen LogP) is 2.50. The first-order chi connectivity index (χ1) is 6.77. The third-order valence-corrected chi connectivity index (χ3v) is 2.95. The normalized spacial score (nSPS) is 11.4. The van der Waals surface area contributed by atoms with Gasteiger partial charge in [-0.25, -0.2) is 0 Å². The molecule has 0 fully saturated rings. The summed E-state index contributed by atoms with van der Waals surface area (Å²) in [7, 11) is 0. The fraction of sp³-hybridized carbons (Fsp3) is 0.333. The van der Waals surface area contributed by atoms with Crippen molar-refractivity contribution in [2.24, 2.45) is 0 Å². The van der Waals surface area contributed by atoms with Crippen LogP contribution in [0.15, 0.2) is 34.9 Å². The first-order valence-electron chi connectivity index (χ1n) is 4.96. The van der Waals surface area contributed by atoms with Crippen molar-refractivity contribution in [2.75, 3.05) is 13.1 Å². The van der Waals surface area contributed by atoms with Crippen LogP contribution in [-0.4, -0.2) is 34.0 Å². The number of hydrogen-bond donors (Lipinski definition) is 0. The zero-order chi connectivity index (χ0) is 10.4. The molecule has 0 unspecified atom stereocenters. The summed E-state index contributed by atoms with van der Waals surface area (Å²) in [6, 6.07) is 10.4. The summed E-state index contributed by atoms with van der Waals surface area (Å²) in [5.74, 6) is 0. The molecule has 0 N–H and O–H groups in total. The zero-order valence-corrected chi connectivity index (χ0v) is 10.4. The standard InChI is InChI=1S/C12H17NSe/c1-3-13(4-2)12(14)10-11-8-6-5-7-9-11/h5-10,14H,3-4H2,1-2H3/p-1/b12-10-. The maximum absolute atomic E-state index is 3.11. The maximum atomic E-state index is 3.11. The Morgan fingerprint density at radius 1 is 1.21 bits per heavy atom. The van der Waals surface area contributed by atoms with Crippen molar-refractivity contribution < 1.29 is 0 Å². The van der Waals surface area contributed by atoms with E-state index < -0.39 is 0 Å². The molecular weight excluding hydrogens is 237 g/mol. The van der Waals surface area contributed by atoms with Crippen molar-refractivity contribution >= 4 is 22.1 Å². The Hall–Kier alpha value is -0.721. The molecule has 0 aliphatic heterocycles. The van der Waals surface area contributed by atoms with Crippen LogP contribution < -0.4 is 0 Å². The topological polar surface area (TPSA) is 3.24 Å². The van der Waals surface area contributed by atoms with Gasteiger partial charge in [-0.3, -0.25) is 0 Å². The van der Waals surface area contributed by atoms with Crippen LogP contribution >= 0.6 is 0 Å². The van der Waals surface area contributed by atoms with E-state index in [2.05, 4.69) is 65.1 Å². The van der Waals surface area contributed by atoms with E-state index in [-0.39, 0.29) is 0 Å². The minimum absolute atomic E-state index is 1.04. The Labute approximate surface area is 94.6 Å². The Morgan fingerprint density at radius 2 is 1.79 bits per heavy atom. The molecule has 1 rings (SSSR count). The van der Waals surface area contributed by atoms with Crippen molar-refractivity contribution in [2.45, 2.75) is 13.8 Å². The molecule has 1 aromatic carbocycles. The summed E-state index contributed by atoms with van der Waals surface area (Å²) in [5, 5.41) is 0. The molecule has 0 saturated heterocycles. The van der Waals surface area contributed by atoms with E-state index in [1.807, 2.05) is 6.07 Å². The summed E-state index contributed by atoms with van der Waals surface area (Å²) in [6.07, 6.45) is 2.17. The summed E-state index contributed by atoms with van der Waals surface area (Å²) in [5.41, 5.74) is 1.24. The third kappa shape index (κ3) is 3.21. The molecule has 2 heteroatoms. The van der Waals surface area contributed by atoms with Crippen LogP contribution in [0.4, 0.5) is 0 Å². The molecule has 0 saturated carbocycles. The van der Waals surface area contributed by atoms with Gasteiger partial charge in [-0.1, -0.05) is 0 Å². The molecule has 1 nitrogen and oxygen atoms in total. The van der Waals surface area contributed by atoms with Gasteiger partial charge in [0.2, 0.25) is 0 Å². The van der Waals surface area contributed by atoms with Gasteiger partial charge in [-0.05, 0) is 0 Å². The first-order valence-corrected chi connectivity index (χ1v) is 5.82. The van der Waals surface area contributed by atoms with Crippen molar-refractivity contribution in [1.29, 1.82) is 0 Å². The Kier molecular flexibility index (Phi) is 4.78. The number of nitrogens with zero attached hydrogens (tertiary/aromatic N) is 1. The van der Waals surface area contributed by atoms with Gasteiger partial charge in [0.25, 0.3) is 0 Å². The average molecular weight is 253 g/mol. The predicted molar refractivity (Wildman–Crippen MR) is 63.1 cm³/mol. The Bertz CT molecular complexity index is 288. The second-order valence-corrected chi connectivity index (χ2v) is 3.94. The molecule has 0 aliphatic carbocycles. The SMILES string of the molecule is CCN(CC)/C([Se-])=C/c1ccccc1. The third-order valence-electron chi connectivity index (χ3n) is 2.16. The van der Waals surface area contributed by atoms with Crippen LogP contribution in [0.5, 0.6) is 0 Å². The molecule has 0 amide bonds. The van der Waals surface area contributed by atoms with E-state index in [4.69, 9.17) is 0 Å². The first kappa shape index (κ1) is 11.4. The van der Waals surface area contributed by atoms with E-state index >= 15 is 0 Å². The van der Waals surface area contributed by atoms with Gasteiger partial charge in [0.1, 0.15) is 0 Å². The quantitative estimate of drug-likeness (QED) is 0.745. The van der Waals surface area contributed by atoms with Gasteiger partial charge in [0, 0.05) is 0 Å². The van der Waals surface area contributed by atoms with Crippen molar-refractivity contribution in [3.05, 3.63) is 40.5 Å². The van der Waals surface area contributed by atoms with E-state index in [0.29, 0.717) is 0 Å². The van der Waals surface area contributed by atoms with Crippen LogP contribution in [0, 0.1) is 0 Å². The fourth-order valence-electron chi connectivity index (χ4n) is 1.32. The van der Waals surface area contributed by atoms with E-state index in [9.17, 15) is 0 Å². The zero-order valence-electron chi connectivity index (χ0n) is 8.73. The van der Waals surface area contributed by atoms with Gasteiger partial charge in [-0.2, -0.15) is 0 Å². The fourth-order valence-corrected chi connectivity index (χ4v) is 2.15. The second kappa shape index (κ2) is 5.89. The summed E-state index contributed by atoms with van der Waals surface area (Å²) in [6.45, 7) is 6.42. The van der Waals surface area contributed by atoms with E-state index in [1.54, 1.807) is 0 Å². The summed E-state index contributed by atoms with van der Waals surface area (Å²) in [4.78, 5) is 2.30. The van der Waals surface area contributed by atoms with Crippen LogP contribution in [0.25, 0.3) is 6.08 Å². The Morgan fingerprint density at radius 3 is 2.29 bits per heavy atom. The minimum atomic E-state index is 1.04. The van der Waals surface area contributed by atoms with Crippen molar-refractivity contribution in [3.8, 4) is 0 Å². The molecule has 0 bridgehead atoms. The van der Waals surface area contributed by atoms with Crippen LogP contribution in [0.2, 0.25) is 0 Å². The molecule has 0 spiro atoms. The van der Waals surface area contributed by atoms with Crippen LogP contribution in [-0.2, 0) is 0 Å².